The minimum absolute atomic E-state index is 0.120. The van der Waals surface area contributed by atoms with E-state index in [-0.39, 0.29) is 48.9 Å². The van der Waals surface area contributed by atoms with Crippen molar-refractivity contribution in [2.75, 3.05) is 44.0 Å². The first-order valence-electron chi connectivity index (χ1n) is 16.7. The van der Waals surface area contributed by atoms with E-state index < -0.39 is 35.8 Å². The molecule has 4 amide bonds. The summed E-state index contributed by atoms with van der Waals surface area (Å²) in [7, 11) is 1.56. The van der Waals surface area contributed by atoms with E-state index in [4.69, 9.17) is 9.47 Å². The summed E-state index contributed by atoms with van der Waals surface area (Å²) in [5.74, 6) is -0.733. The third-order valence-electron chi connectivity index (χ3n) is 8.61. The summed E-state index contributed by atoms with van der Waals surface area (Å²) in [6, 6.07) is 16.6. The lowest BCUT2D eigenvalue weighted by molar-refractivity contribution is -0.137. The van der Waals surface area contributed by atoms with Gasteiger partial charge in [0, 0.05) is 49.6 Å². The SMILES string of the molecule is C[C@H]1CCCCO[C@@H](CN(C)C(=O)Nc2ccc(C(F)(F)F)cc2)[C@@H](C)CN([C@@H](C)CO)C(=O)c2cc(NC(=O)c3ccccc3)ccc2O1. The molecule has 13 heteroatoms. The molecule has 0 unspecified atom stereocenters. The predicted molar refractivity (Wildman–Crippen MR) is 184 cm³/mol. The van der Waals surface area contributed by atoms with Gasteiger partial charge in [0.15, 0.2) is 0 Å². The van der Waals surface area contributed by atoms with E-state index in [9.17, 15) is 32.7 Å². The number of ether oxygens (including phenoxy) is 2. The van der Waals surface area contributed by atoms with E-state index in [0.29, 0.717) is 36.4 Å². The minimum Gasteiger partial charge on any atom is -0.490 e. The smallest absolute Gasteiger partial charge is 0.416 e. The first-order chi connectivity index (χ1) is 23.8. The predicted octanol–water partition coefficient (Wildman–Crippen LogP) is 6.92. The van der Waals surface area contributed by atoms with Gasteiger partial charge in [0.1, 0.15) is 5.75 Å². The summed E-state index contributed by atoms with van der Waals surface area (Å²) >= 11 is 0. The number of urea groups is 1. The van der Waals surface area contributed by atoms with Crippen molar-refractivity contribution in [3.8, 4) is 5.75 Å². The number of amides is 4. The lowest BCUT2D eigenvalue weighted by Gasteiger charge is -2.35. The maximum absolute atomic E-state index is 14.3. The Morgan fingerprint density at radius 1 is 1.00 bits per heavy atom. The van der Waals surface area contributed by atoms with Crippen molar-refractivity contribution in [2.24, 2.45) is 5.92 Å². The van der Waals surface area contributed by atoms with Crippen molar-refractivity contribution in [1.82, 2.24) is 9.80 Å². The molecule has 4 rings (SSSR count). The first kappa shape index (κ1) is 38.2. The molecule has 50 heavy (non-hydrogen) atoms. The van der Waals surface area contributed by atoms with E-state index in [1.165, 1.54) is 21.9 Å². The maximum Gasteiger partial charge on any atom is 0.416 e. The molecule has 1 aliphatic rings. The average molecular weight is 699 g/mol. The second kappa shape index (κ2) is 17.3. The van der Waals surface area contributed by atoms with Crippen LogP contribution in [0.4, 0.5) is 29.3 Å². The molecule has 1 aliphatic heterocycles. The number of hydrogen-bond donors (Lipinski definition) is 3. The van der Waals surface area contributed by atoms with Crippen molar-refractivity contribution in [2.45, 2.75) is 64.5 Å². The number of benzene rings is 3. The monoisotopic (exact) mass is 698 g/mol. The number of likely N-dealkylation sites (N-methyl/N-ethyl adjacent to an activating group) is 1. The fourth-order valence-electron chi connectivity index (χ4n) is 5.57. The molecule has 3 aromatic carbocycles. The standard InChI is InChI=1S/C37H45F3N4O6/c1-24-21-44(25(2)23-45)35(47)31-20-30(41-34(46)27-11-6-5-7-12-27)17-18-32(31)50-26(3)10-8-9-19-49-33(24)22-43(4)36(48)42-29-15-13-28(14-16-29)37(38,39)40/h5-7,11-18,20,24-26,33,45H,8-10,19,21-23H2,1-4H3,(H,41,46)(H,42,48)/t24-,25-,26-,33-/m0/s1. The third kappa shape index (κ3) is 10.4. The second-order valence-corrected chi connectivity index (χ2v) is 12.7. The Bertz CT molecular complexity index is 1590. The summed E-state index contributed by atoms with van der Waals surface area (Å²) in [4.78, 5) is 43.2. The number of fused-ring (bicyclic) bond motifs is 1. The number of anilines is 2. The lowest BCUT2D eigenvalue weighted by atomic mass is 10.0. The summed E-state index contributed by atoms with van der Waals surface area (Å²) in [5, 5.41) is 15.7. The number of hydrogen-bond acceptors (Lipinski definition) is 6. The first-order valence-corrected chi connectivity index (χ1v) is 16.7. The number of aliphatic hydroxyl groups is 1. The molecule has 0 aromatic heterocycles. The fourth-order valence-corrected chi connectivity index (χ4v) is 5.57. The van der Waals surface area contributed by atoms with Gasteiger partial charge in [-0.2, -0.15) is 13.2 Å². The minimum atomic E-state index is -4.49. The van der Waals surface area contributed by atoms with Crippen LogP contribution in [-0.4, -0.2) is 84.4 Å². The van der Waals surface area contributed by atoms with Gasteiger partial charge in [-0.3, -0.25) is 9.59 Å². The Morgan fingerprint density at radius 2 is 1.68 bits per heavy atom. The van der Waals surface area contributed by atoms with Crippen LogP contribution in [0.15, 0.2) is 72.8 Å². The second-order valence-electron chi connectivity index (χ2n) is 12.7. The third-order valence-corrected chi connectivity index (χ3v) is 8.61. The maximum atomic E-state index is 14.3. The fraction of sp³-hybridized carbons (Fsp3) is 0.432. The molecule has 1 heterocycles. The molecule has 4 atom stereocenters. The number of nitrogens with zero attached hydrogens (tertiary/aromatic N) is 2. The molecule has 10 nitrogen and oxygen atoms in total. The number of aliphatic hydroxyl groups excluding tert-OH is 1. The molecule has 0 radical (unpaired) electrons. The van der Waals surface area contributed by atoms with Gasteiger partial charge in [0.05, 0.1) is 36.0 Å². The van der Waals surface area contributed by atoms with E-state index in [2.05, 4.69) is 10.6 Å². The molecule has 0 spiro atoms. The number of alkyl halides is 3. The van der Waals surface area contributed by atoms with Gasteiger partial charge < -0.3 is 35.0 Å². The highest BCUT2D eigenvalue weighted by atomic mass is 19.4. The molecule has 0 saturated heterocycles. The van der Waals surface area contributed by atoms with Crippen LogP contribution in [0.3, 0.4) is 0 Å². The molecule has 0 fully saturated rings. The zero-order chi connectivity index (χ0) is 36.4. The molecule has 3 aromatic rings. The summed E-state index contributed by atoms with van der Waals surface area (Å²) in [5.41, 5.74) is 0.460. The van der Waals surface area contributed by atoms with Crippen molar-refractivity contribution < 1.29 is 42.1 Å². The Balaban J connectivity index is 1.57. The zero-order valence-corrected chi connectivity index (χ0v) is 28.7. The van der Waals surface area contributed by atoms with Gasteiger partial charge in [0.25, 0.3) is 11.8 Å². The quantitative estimate of drug-likeness (QED) is 0.247. The summed E-state index contributed by atoms with van der Waals surface area (Å²) in [6.45, 7) is 5.85. The van der Waals surface area contributed by atoms with Crippen LogP contribution in [0, 0.1) is 5.92 Å². The van der Waals surface area contributed by atoms with Crippen LogP contribution >= 0.6 is 0 Å². The highest BCUT2D eigenvalue weighted by molar-refractivity contribution is 6.05. The van der Waals surface area contributed by atoms with Crippen LogP contribution in [0.5, 0.6) is 5.75 Å². The van der Waals surface area contributed by atoms with Crippen LogP contribution < -0.4 is 15.4 Å². The Hall–Kier alpha value is -4.62. The topological polar surface area (TPSA) is 120 Å². The van der Waals surface area contributed by atoms with Crippen molar-refractivity contribution in [3.05, 3.63) is 89.5 Å². The molecule has 3 N–H and O–H groups in total. The largest absolute Gasteiger partial charge is 0.490 e. The lowest BCUT2D eigenvalue weighted by Crippen LogP contribution is -2.48. The molecular weight excluding hydrogens is 653 g/mol. The number of carbonyl (C=O) groups is 3. The normalized spacial score (nSPS) is 19.7. The van der Waals surface area contributed by atoms with Gasteiger partial charge in [-0.15, -0.1) is 0 Å². The van der Waals surface area contributed by atoms with E-state index in [1.807, 2.05) is 19.9 Å². The van der Waals surface area contributed by atoms with Crippen molar-refractivity contribution in [3.63, 3.8) is 0 Å². The van der Waals surface area contributed by atoms with Crippen LogP contribution in [0.25, 0.3) is 0 Å². The summed E-state index contributed by atoms with van der Waals surface area (Å²) < 4.78 is 51.5. The van der Waals surface area contributed by atoms with Crippen molar-refractivity contribution in [1.29, 1.82) is 0 Å². The Kier molecular flexibility index (Phi) is 13.3. The van der Waals surface area contributed by atoms with Crippen LogP contribution in [0.1, 0.15) is 66.3 Å². The van der Waals surface area contributed by atoms with Gasteiger partial charge in [-0.25, -0.2) is 4.79 Å². The van der Waals surface area contributed by atoms with E-state index >= 15 is 0 Å². The van der Waals surface area contributed by atoms with Crippen LogP contribution in [-0.2, 0) is 10.9 Å². The molecular formula is C37H45F3N4O6. The van der Waals surface area contributed by atoms with Gasteiger partial charge in [-0.05, 0) is 87.7 Å². The molecule has 0 saturated carbocycles. The van der Waals surface area contributed by atoms with Gasteiger partial charge in [0.2, 0.25) is 0 Å². The number of rotatable bonds is 7. The van der Waals surface area contributed by atoms with E-state index in [0.717, 1.165) is 18.6 Å². The number of halogens is 3. The number of nitrogens with one attached hydrogen (secondary N) is 2. The molecule has 0 bridgehead atoms. The van der Waals surface area contributed by atoms with Gasteiger partial charge >= 0.3 is 12.2 Å². The Morgan fingerprint density at radius 3 is 2.34 bits per heavy atom. The van der Waals surface area contributed by atoms with Crippen molar-refractivity contribution >= 4 is 29.2 Å². The van der Waals surface area contributed by atoms with Gasteiger partial charge in [-0.1, -0.05) is 25.1 Å². The van der Waals surface area contributed by atoms with Crippen LogP contribution in [0.2, 0.25) is 0 Å². The number of carbonyl (C=O) groups excluding carboxylic acids is 3. The molecule has 0 aliphatic carbocycles. The average Bonchev–Trinajstić information content (AvgIpc) is 3.09. The zero-order valence-electron chi connectivity index (χ0n) is 28.7. The summed E-state index contributed by atoms with van der Waals surface area (Å²) in [6.07, 6.45) is -3.11. The highest BCUT2D eigenvalue weighted by Crippen LogP contribution is 2.31. The van der Waals surface area contributed by atoms with E-state index in [1.54, 1.807) is 56.4 Å². The highest BCUT2D eigenvalue weighted by Gasteiger charge is 2.32. The Labute approximate surface area is 290 Å². The molecule has 270 valence electrons.